The van der Waals surface area contributed by atoms with Crippen molar-refractivity contribution in [3.05, 3.63) is 69.7 Å². The lowest BCUT2D eigenvalue weighted by Gasteiger charge is -1.92. The van der Waals surface area contributed by atoms with Crippen LogP contribution in [0.3, 0.4) is 0 Å². The molecule has 16 heavy (non-hydrogen) atoms. The SMILES string of the molecule is C1=c2/cccc/c2=N\C=c2\cccc\c2=N/1. The van der Waals surface area contributed by atoms with Crippen LogP contribution < -0.4 is 21.2 Å². The summed E-state index contributed by atoms with van der Waals surface area (Å²) in [6.07, 6.45) is 3.73. The van der Waals surface area contributed by atoms with Gasteiger partial charge in [-0.05, 0) is 12.1 Å². The first-order chi connectivity index (χ1) is 7.93. The second-order valence-electron chi connectivity index (χ2n) is 3.63. The highest BCUT2D eigenvalue weighted by molar-refractivity contribution is 5.30. The van der Waals surface area contributed by atoms with E-state index in [-0.39, 0.29) is 0 Å². The maximum atomic E-state index is 4.47. The minimum Gasteiger partial charge on any atom is -0.256 e. The number of nitrogens with zero attached hydrogens (tertiary/aromatic N) is 2. The number of rotatable bonds is 0. The summed E-state index contributed by atoms with van der Waals surface area (Å²) in [5.41, 5.74) is 0. The minimum absolute atomic E-state index is 0.959. The molecule has 2 aromatic carbocycles. The van der Waals surface area contributed by atoms with E-state index in [1.54, 1.807) is 0 Å². The highest BCUT2D eigenvalue weighted by Gasteiger charge is 1.89. The number of fused-ring (bicyclic) bond motifs is 2. The van der Waals surface area contributed by atoms with Crippen LogP contribution in [0.2, 0.25) is 0 Å². The van der Waals surface area contributed by atoms with Crippen molar-refractivity contribution in [1.82, 2.24) is 0 Å². The van der Waals surface area contributed by atoms with E-state index in [0.29, 0.717) is 0 Å². The van der Waals surface area contributed by atoms with Crippen molar-refractivity contribution in [2.45, 2.75) is 0 Å². The molecule has 76 valence electrons. The van der Waals surface area contributed by atoms with E-state index >= 15 is 0 Å². The van der Waals surface area contributed by atoms with Gasteiger partial charge in [-0.1, -0.05) is 36.4 Å². The monoisotopic (exact) mass is 206 g/mol. The molecule has 2 aromatic rings. The minimum atomic E-state index is 0.959. The number of benzene rings is 2. The maximum absolute atomic E-state index is 4.47. The third-order valence-corrected chi connectivity index (χ3v) is 2.56. The van der Waals surface area contributed by atoms with Crippen LogP contribution in [-0.4, -0.2) is 0 Å². The van der Waals surface area contributed by atoms with Gasteiger partial charge < -0.3 is 0 Å². The molecule has 0 saturated carbocycles. The number of para-hydroxylation sites is 2. The van der Waals surface area contributed by atoms with E-state index in [4.69, 9.17) is 0 Å². The Balaban J connectivity index is 2.45. The van der Waals surface area contributed by atoms with E-state index < -0.39 is 0 Å². The van der Waals surface area contributed by atoms with Crippen molar-refractivity contribution in [3.63, 3.8) is 0 Å². The topological polar surface area (TPSA) is 24.7 Å². The lowest BCUT2D eigenvalue weighted by molar-refractivity contribution is 1.27. The van der Waals surface area contributed by atoms with Crippen molar-refractivity contribution < 1.29 is 0 Å². The average Bonchev–Trinajstić information content (AvgIpc) is 2.32. The molecule has 0 saturated heterocycles. The average molecular weight is 206 g/mol. The summed E-state index contributed by atoms with van der Waals surface area (Å²) >= 11 is 0. The summed E-state index contributed by atoms with van der Waals surface area (Å²) in [7, 11) is 0. The third kappa shape index (κ3) is 1.54. The second kappa shape index (κ2) is 3.74. The van der Waals surface area contributed by atoms with Crippen molar-refractivity contribution in [3.8, 4) is 0 Å². The largest absolute Gasteiger partial charge is 0.256 e. The van der Waals surface area contributed by atoms with Crippen molar-refractivity contribution in [2.24, 2.45) is 9.98 Å². The Bertz CT molecular complexity index is 624. The number of hydrogen-bond donors (Lipinski definition) is 0. The Morgan fingerprint density at radius 1 is 0.562 bits per heavy atom. The summed E-state index contributed by atoms with van der Waals surface area (Å²) in [5, 5.41) is 4.02. The fourth-order valence-electron chi connectivity index (χ4n) is 1.71. The molecule has 1 aliphatic rings. The predicted octanol–water partition coefficient (Wildman–Crippen LogP) is 0.116. The zero-order valence-corrected chi connectivity index (χ0v) is 8.67. The van der Waals surface area contributed by atoms with E-state index in [2.05, 4.69) is 9.98 Å². The van der Waals surface area contributed by atoms with Crippen LogP contribution in [0.5, 0.6) is 0 Å². The van der Waals surface area contributed by atoms with E-state index in [0.717, 1.165) is 21.2 Å². The summed E-state index contributed by atoms with van der Waals surface area (Å²) < 4.78 is 0. The van der Waals surface area contributed by atoms with Crippen LogP contribution in [0.4, 0.5) is 0 Å². The van der Waals surface area contributed by atoms with Gasteiger partial charge in [0.2, 0.25) is 0 Å². The van der Waals surface area contributed by atoms with Crippen LogP contribution in [0.25, 0.3) is 12.4 Å². The zero-order valence-electron chi connectivity index (χ0n) is 8.67. The van der Waals surface area contributed by atoms with E-state index in [9.17, 15) is 0 Å². The normalized spacial score (nSPS) is 21.0. The standard InChI is InChI=1S/C14H10N2/c1-3-7-13-11(5-1)9-15-14-8-4-2-6-12(14)10-16-13/h1-10H/b11-9-,12-10-,15-9?,15-14+,16-10?,16-13+. The van der Waals surface area contributed by atoms with Crippen molar-refractivity contribution in [2.75, 3.05) is 0 Å². The first-order valence-electron chi connectivity index (χ1n) is 5.20. The van der Waals surface area contributed by atoms with Crippen LogP contribution >= 0.6 is 0 Å². The molecule has 2 nitrogen and oxygen atoms in total. The Morgan fingerprint density at radius 3 is 1.50 bits per heavy atom. The van der Waals surface area contributed by atoms with Gasteiger partial charge in [-0.15, -0.1) is 0 Å². The van der Waals surface area contributed by atoms with Gasteiger partial charge in [0, 0.05) is 22.8 Å². The highest BCUT2D eigenvalue weighted by atomic mass is 14.7. The van der Waals surface area contributed by atoms with Crippen LogP contribution in [-0.2, 0) is 0 Å². The fourth-order valence-corrected chi connectivity index (χ4v) is 1.71. The molecule has 0 aromatic heterocycles. The van der Waals surface area contributed by atoms with Crippen molar-refractivity contribution in [1.29, 1.82) is 0 Å². The summed E-state index contributed by atoms with van der Waals surface area (Å²) in [6, 6.07) is 16.0. The lowest BCUT2D eigenvalue weighted by Crippen LogP contribution is -2.29. The molecule has 0 aliphatic carbocycles. The second-order valence-corrected chi connectivity index (χ2v) is 3.63. The van der Waals surface area contributed by atoms with Gasteiger partial charge in [-0.3, -0.25) is 9.98 Å². The lowest BCUT2D eigenvalue weighted by atomic mass is 10.2. The van der Waals surface area contributed by atoms with Gasteiger partial charge in [0.1, 0.15) is 0 Å². The highest BCUT2D eigenvalue weighted by Crippen LogP contribution is 1.78. The molecule has 0 amide bonds. The molecule has 0 unspecified atom stereocenters. The fraction of sp³-hybridized carbons (Fsp3) is 0. The van der Waals surface area contributed by atoms with Gasteiger partial charge in [-0.25, -0.2) is 0 Å². The van der Waals surface area contributed by atoms with Gasteiger partial charge in [0.15, 0.2) is 0 Å². The van der Waals surface area contributed by atoms with Gasteiger partial charge >= 0.3 is 0 Å². The molecule has 2 heteroatoms. The molecule has 3 rings (SSSR count). The zero-order chi connectivity index (χ0) is 10.8. The first-order valence-corrected chi connectivity index (χ1v) is 5.20. The molecule has 0 atom stereocenters. The molecular formula is C14H10N2. The van der Waals surface area contributed by atoms with Gasteiger partial charge in [0.05, 0.1) is 10.7 Å². The smallest absolute Gasteiger partial charge is 0.0717 e. The Morgan fingerprint density at radius 2 is 1.00 bits per heavy atom. The van der Waals surface area contributed by atoms with Gasteiger partial charge in [-0.2, -0.15) is 0 Å². The Kier molecular flexibility index (Phi) is 2.11. The van der Waals surface area contributed by atoms with E-state index in [1.165, 1.54) is 0 Å². The first kappa shape index (κ1) is 9.04. The molecule has 1 heterocycles. The van der Waals surface area contributed by atoms with Crippen LogP contribution in [0, 0.1) is 0 Å². The molecule has 0 radical (unpaired) electrons. The third-order valence-electron chi connectivity index (χ3n) is 2.56. The molecule has 0 fully saturated rings. The molecular weight excluding hydrogens is 196 g/mol. The Hall–Kier alpha value is -2.22. The van der Waals surface area contributed by atoms with Crippen LogP contribution in [0.1, 0.15) is 0 Å². The quantitative estimate of drug-likeness (QED) is 0.585. The van der Waals surface area contributed by atoms with Crippen molar-refractivity contribution >= 4 is 12.4 Å². The Labute approximate surface area is 92.6 Å². The molecule has 0 N–H and O–H groups in total. The summed E-state index contributed by atoms with van der Waals surface area (Å²) in [5.74, 6) is 0. The summed E-state index contributed by atoms with van der Waals surface area (Å²) in [4.78, 5) is 8.94. The summed E-state index contributed by atoms with van der Waals surface area (Å²) in [6.45, 7) is 0. The molecule has 0 bridgehead atoms. The van der Waals surface area contributed by atoms with Gasteiger partial charge in [0.25, 0.3) is 0 Å². The molecule has 0 spiro atoms. The number of hydrogen-bond acceptors (Lipinski definition) is 2. The van der Waals surface area contributed by atoms with E-state index in [1.807, 2.05) is 60.9 Å². The van der Waals surface area contributed by atoms with Crippen LogP contribution in [0.15, 0.2) is 58.5 Å². The molecule has 1 aliphatic heterocycles. The predicted molar refractivity (Wildman–Crippen MR) is 63.4 cm³/mol. The maximum Gasteiger partial charge on any atom is 0.0717 e.